The maximum absolute atomic E-state index is 12.2. The van der Waals surface area contributed by atoms with Gasteiger partial charge in [-0.15, -0.1) is 0 Å². The van der Waals surface area contributed by atoms with Gasteiger partial charge >= 0.3 is 6.09 Å². The Morgan fingerprint density at radius 2 is 1.73 bits per heavy atom. The third-order valence-corrected chi connectivity index (χ3v) is 5.27. The summed E-state index contributed by atoms with van der Waals surface area (Å²) in [7, 11) is 0. The molecule has 1 N–H and O–H groups in total. The first kappa shape index (κ1) is 19.1. The SMILES string of the molecule is CC(C)(C)OC(=O)N[C@H]1CC[C@H](c2ccc(Cl)c(Cl)c2)c2ccccc21. The number of halogens is 2. The minimum absolute atomic E-state index is 0.0555. The second kappa shape index (κ2) is 7.50. The summed E-state index contributed by atoms with van der Waals surface area (Å²) >= 11 is 12.3. The lowest BCUT2D eigenvalue weighted by molar-refractivity contribution is 0.0498. The molecule has 138 valence electrons. The normalized spacial score (nSPS) is 19.6. The Labute approximate surface area is 164 Å². The Morgan fingerprint density at radius 3 is 2.38 bits per heavy atom. The summed E-state index contributed by atoms with van der Waals surface area (Å²) < 4.78 is 5.41. The molecule has 3 nitrogen and oxygen atoms in total. The smallest absolute Gasteiger partial charge is 0.408 e. The van der Waals surface area contributed by atoms with Crippen LogP contribution in [0.5, 0.6) is 0 Å². The second-order valence-electron chi connectivity index (χ2n) is 7.63. The van der Waals surface area contributed by atoms with E-state index >= 15 is 0 Å². The molecule has 2 aromatic carbocycles. The summed E-state index contributed by atoms with van der Waals surface area (Å²) in [4.78, 5) is 12.2. The highest BCUT2D eigenvalue weighted by Gasteiger charge is 2.30. The van der Waals surface area contributed by atoms with E-state index in [2.05, 4.69) is 17.4 Å². The zero-order valence-electron chi connectivity index (χ0n) is 15.2. The van der Waals surface area contributed by atoms with Crippen molar-refractivity contribution in [3.63, 3.8) is 0 Å². The molecule has 0 aromatic heterocycles. The van der Waals surface area contributed by atoms with E-state index in [-0.39, 0.29) is 18.1 Å². The molecule has 0 radical (unpaired) electrons. The standard InChI is InChI=1S/C21H23Cl2NO2/c1-21(2,3)26-20(25)24-19-11-9-14(15-6-4-5-7-16(15)19)13-8-10-17(22)18(23)12-13/h4-8,10,12,14,19H,9,11H2,1-3H3,(H,24,25)/t14-,19+/m1/s1. The predicted molar refractivity (Wildman–Crippen MR) is 106 cm³/mol. The fraction of sp³-hybridized carbons (Fsp3) is 0.381. The monoisotopic (exact) mass is 391 g/mol. The molecular weight excluding hydrogens is 369 g/mol. The zero-order valence-corrected chi connectivity index (χ0v) is 16.7. The van der Waals surface area contributed by atoms with Crippen LogP contribution < -0.4 is 5.32 Å². The van der Waals surface area contributed by atoms with Crippen LogP contribution in [-0.2, 0) is 4.74 Å². The van der Waals surface area contributed by atoms with E-state index in [1.54, 1.807) is 0 Å². The zero-order chi connectivity index (χ0) is 18.9. The largest absolute Gasteiger partial charge is 0.444 e. The van der Waals surface area contributed by atoms with E-state index < -0.39 is 5.60 Å². The molecule has 5 heteroatoms. The minimum Gasteiger partial charge on any atom is -0.444 e. The van der Waals surface area contributed by atoms with E-state index in [4.69, 9.17) is 27.9 Å². The van der Waals surface area contributed by atoms with Gasteiger partial charge in [0.05, 0.1) is 16.1 Å². The van der Waals surface area contributed by atoms with Crippen molar-refractivity contribution in [2.75, 3.05) is 0 Å². The van der Waals surface area contributed by atoms with Gasteiger partial charge in [0.25, 0.3) is 0 Å². The van der Waals surface area contributed by atoms with E-state index in [9.17, 15) is 4.79 Å². The van der Waals surface area contributed by atoms with Gasteiger partial charge in [-0.1, -0.05) is 53.5 Å². The average molecular weight is 392 g/mol. The van der Waals surface area contributed by atoms with Crippen LogP contribution in [0.4, 0.5) is 4.79 Å². The van der Waals surface area contributed by atoms with Crippen LogP contribution in [0.1, 0.15) is 62.3 Å². The lowest BCUT2D eigenvalue weighted by Crippen LogP contribution is -2.36. The lowest BCUT2D eigenvalue weighted by Gasteiger charge is -2.33. The first-order valence-corrected chi connectivity index (χ1v) is 9.53. The lowest BCUT2D eigenvalue weighted by atomic mass is 9.77. The maximum Gasteiger partial charge on any atom is 0.408 e. The quantitative estimate of drug-likeness (QED) is 0.635. The van der Waals surface area contributed by atoms with E-state index in [1.807, 2.05) is 51.1 Å². The average Bonchev–Trinajstić information content (AvgIpc) is 2.56. The number of rotatable bonds is 2. The summed E-state index contributed by atoms with van der Waals surface area (Å²) in [6.07, 6.45) is 1.36. The molecule has 2 atom stereocenters. The van der Waals surface area contributed by atoms with Crippen molar-refractivity contribution in [2.24, 2.45) is 0 Å². The molecule has 26 heavy (non-hydrogen) atoms. The molecule has 0 saturated heterocycles. The highest BCUT2D eigenvalue weighted by molar-refractivity contribution is 6.42. The van der Waals surface area contributed by atoms with Gasteiger partial charge in [0.15, 0.2) is 0 Å². The van der Waals surface area contributed by atoms with Crippen molar-refractivity contribution < 1.29 is 9.53 Å². The van der Waals surface area contributed by atoms with Crippen molar-refractivity contribution in [1.82, 2.24) is 5.32 Å². The van der Waals surface area contributed by atoms with Gasteiger partial charge < -0.3 is 10.1 Å². The fourth-order valence-electron chi connectivity index (χ4n) is 3.46. The Balaban J connectivity index is 1.86. The summed E-state index contributed by atoms with van der Waals surface area (Å²) in [5, 5.41) is 4.14. The molecule has 0 bridgehead atoms. The Hall–Kier alpha value is -1.71. The van der Waals surface area contributed by atoms with E-state index in [0.29, 0.717) is 10.0 Å². The van der Waals surface area contributed by atoms with Crippen molar-refractivity contribution in [3.05, 3.63) is 69.2 Å². The molecule has 0 aliphatic heterocycles. The number of hydrogen-bond acceptors (Lipinski definition) is 2. The van der Waals surface area contributed by atoms with Gasteiger partial charge in [-0.2, -0.15) is 0 Å². The molecule has 1 aliphatic carbocycles. The topological polar surface area (TPSA) is 38.3 Å². The number of alkyl carbamates (subject to hydrolysis) is 1. The molecule has 0 heterocycles. The second-order valence-corrected chi connectivity index (χ2v) is 8.45. The van der Waals surface area contributed by atoms with Crippen LogP contribution in [0.25, 0.3) is 0 Å². The minimum atomic E-state index is -0.513. The first-order valence-electron chi connectivity index (χ1n) is 8.78. The van der Waals surface area contributed by atoms with Crippen LogP contribution in [0.15, 0.2) is 42.5 Å². The van der Waals surface area contributed by atoms with Crippen molar-refractivity contribution >= 4 is 29.3 Å². The summed E-state index contributed by atoms with van der Waals surface area (Å²) in [5.41, 5.74) is 2.96. The highest BCUT2D eigenvalue weighted by Crippen LogP contribution is 2.42. The van der Waals surface area contributed by atoms with E-state index in [0.717, 1.165) is 24.0 Å². The van der Waals surface area contributed by atoms with E-state index in [1.165, 1.54) is 5.56 Å². The van der Waals surface area contributed by atoms with Crippen molar-refractivity contribution in [1.29, 1.82) is 0 Å². The number of carbonyl (C=O) groups is 1. The van der Waals surface area contributed by atoms with Gasteiger partial charge in [0, 0.05) is 5.92 Å². The van der Waals surface area contributed by atoms with Crippen LogP contribution in [0.3, 0.4) is 0 Å². The number of nitrogens with one attached hydrogen (secondary N) is 1. The van der Waals surface area contributed by atoms with Crippen LogP contribution in [0.2, 0.25) is 10.0 Å². The molecule has 1 aliphatic rings. The van der Waals surface area contributed by atoms with Gasteiger partial charge in [0.1, 0.15) is 5.60 Å². The van der Waals surface area contributed by atoms with Gasteiger partial charge in [0.2, 0.25) is 0 Å². The maximum atomic E-state index is 12.2. The molecule has 0 unspecified atom stereocenters. The third kappa shape index (κ3) is 4.33. The summed E-state index contributed by atoms with van der Waals surface area (Å²) in [6.45, 7) is 5.59. The molecule has 3 rings (SSSR count). The van der Waals surface area contributed by atoms with Gasteiger partial charge in [-0.25, -0.2) is 4.79 Å². The summed E-state index contributed by atoms with van der Waals surface area (Å²) in [6, 6.07) is 14.0. The number of benzene rings is 2. The van der Waals surface area contributed by atoms with Crippen LogP contribution in [-0.4, -0.2) is 11.7 Å². The number of amides is 1. The van der Waals surface area contributed by atoms with Crippen LogP contribution >= 0.6 is 23.2 Å². The molecular formula is C21H23Cl2NO2. The van der Waals surface area contributed by atoms with Crippen LogP contribution in [0, 0.1) is 0 Å². The van der Waals surface area contributed by atoms with Crippen molar-refractivity contribution in [2.45, 2.75) is 51.2 Å². The number of carbonyl (C=O) groups excluding carboxylic acids is 1. The fourth-order valence-corrected chi connectivity index (χ4v) is 3.77. The molecule has 0 saturated carbocycles. The predicted octanol–water partition coefficient (Wildman–Crippen LogP) is 6.48. The number of ether oxygens (including phenoxy) is 1. The number of hydrogen-bond donors (Lipinski definition) is 1. The highest BCUT2D eigenvalue weighted by atomic mass is 35.5. The summed E-state index contributed by atoms with van der Waals surface area (Å²) in [5.74, 6) is 0.234. The van der Waals surface area contributed by atoms with Crippen molar-refractivity contribution in [3.8, 4) is 0 Å². The first-order chi connectivity index (χ1) is 12.2. The molecule has 0 fully saturated rings. The van der Waals surface area contributed by atoms with Gasteiger partial charge in [-0.05, 0) is 62.4 Å². The third-order valence-electron chi connectivity index (χ3n) is 4.53. The molecule has 0 spiro atoms. The Kier molecular flexibility index (Phi) is 5.50. The number of fused-ring (bicyclic) bond motifs is 1. The Bertz CT molecular complexity index is 814. The Morgan fingerprint density at radius 1 is 1.04 bits per heavy atom. The molecule has 2 aromatic rings. The van der Waals surface area contributed by atoms with Gasteiger partial charge in [-0.3, -0.25) is 0 Å². The molecule has 1 amide bonds.